The van der Waals surface area contributed by atoms with Gasteiger partial charge in [-0.2, -0.15) is 0 Å². The van der Waals surface area contributed by atoms with Crippen molar-refractivity contribution in [2.75, 3.05) is 19.5 Å². The molecule has 2 bridgehead atoms. The number of esters is 1. The van der Waals surface area contributed by atoms with Gasteiger partial charge in [-0.25, -0.2) is 21.6 Å². The zero-order valence-corrected chi connectivity index (χ0v) is 15.0. The van der Waals surface area contributed by atoms with Crippen LogP contribution < -0.4 is 5.32 Å². The summed E-state index contributed by atoms with van der Waals surface area (Å²) in [5.41, 5.74) is 0.293. The number of piperidine rings is 1. The van der Waals surface area contributed by atoms with Crippen molar-refractivity contribution in [2.45, 2.75) is 31.0 Å². The number of benzene rings is 1. The minimum absolute atomic E-state index is 0.0462. The maximum Gasteiger partial charge on any atom is 0.340 e. The molecule has 0 radical (unpaired) electrons. The molecule has 140 valence electrons. The molecule has 0 amide bonds. The van der Waals surface area contributed by atoms with Crippen LogP contribution in [-0.2, 0) is 19.5 Å². The third kappa shape index (κ3) is 3.22. The molecule has 3 heterocycles. The molecule has 2 aromatic rings. The first-order valence-corrected chi connectivity index (χ1v) is 10.2. The van der Waals surface area contributed by atoms with Gasteiger partial charge in [0, 0.05) is 36.5 Å². The smallest absolute Gasteiger partial charge is 0.340 e. The van der Waals surface area contributed by atoms with E-state index in [4.69, 9.17) is 9.47 Å². The number of ether oxygens (including phenoxy) is 2. The number of halogens is 1. The number of fused-ring (bicyclic) bond motifs is 3. The molecule has 0 spiro atoms. The van der Waals surface area contributed by atoms with Crippen molar-refractivity contribution in [3.8, 4) is 0 Å². The van der Waals surface area contributed by atoms with Gasteiger partial charge in [-0.1, -0.05) is 0 Å². The molecule has 1 aromatic carbocycles. The van der Waals surface area contributed by atoms with Crippen molar-refractivity contribution in [3.05, 3.63) is 35.8 Å². The Kier molecular flexibility index (Phi) is 4.25. The third-order valence-electron chi connectivity index (χ3n) is 4.79. The van der Waals surface area contributed by atoms with Crippen LogP contribution in [0.25, 0.3) is 10.9 Å². The van der Waals surface area contributed by atoms with Crippen molar-refractivity contribution in [2.24, 2.45) is 0 Å². The van der Waals surface area contributed by atoms with Crippen LogP contribution in [0.15, 0.2) is 24.4 Å². The molecule has 3 atom stereocenters. The normalized spacial score (nSPS) is 26.0. The van der Waals surface area contributed by atoms with Crippen LogP contribution in [0.3, 0.4) is 0 Å². The number of rotatable bonds is 3. The maximum absolute atomic E-state index is 13.7. The lowest BCUT2D eigenvalue weighted by Gasteiger charge is -2.39. The molecular formula is C17H19FN2O5S. The molecule has 4 rings (SSSR count). The molecule has 1 aromatic heterocycles. The van der Waals surface area contributed by atoms with Gasteiger partial charge in [-0.05, 0) is 18.2 Å². The molecule has 2 saturated heterocycles. The summed E-state index contributed by atoms with van der Waals surface area (Å²) in [6.45, 7) is 1.15. The second kappa shape index (κ2) is 6.33. The highest BCUT2D eigenvalue weighted by atomic mass is 32.2. The Morgan fingerprint density at radius 3 is 2.65 bits per heavy atom. The number of hydrogen-bond acceptors (Lipinski definition) is 6. The molecule has 0 aliphatic carbocycles. The van der Waals surface area contributed by atoms with E-state index < -0.39 is 21.8 Å². The summed E-state index contributed by atoms with van der Waals surface area (Å²) in [4.78, 5) is 12.7. The Bertz CT molecular complexity index is 959. The number of nitrogens with zero attached hydrogens (tertiary/aromatic N) is 1. The zero-order chi connectivity index (χ0) is 18.5. The summed E-state index contributed by atoms with van der Waals surface area (Å²) in [6.07, 6.45) is 3.20. The molecule has 0 unspecified atom stereocenters. The van der Waals surface area contributed by atoms with Gasteiger partial charge in [0.2, 0.25) is 10.0 Å². The molecular weight excluding hydrogens is 363 g/mol. The lowest BCUT2D eigenvalue weighted by molar-refractivity contribution is -0.0339. The van der Waals surface area contributed by atoms with Gasteiger partial charge in [0.25, 0.3) is 0 Å². The minimum atomic E-state index is -3.64. The monoisotopic (exact) mass is 382 g/mol. The standard InChI is InChI=1S/C17H19FN2O5S/c1-26(22,23)20-7-15(14-4-10(18)2-3-16(14)20)17(21)25-13-5-11-8-24-9-12(6-13)19-11/h2-4,7,11-13,19H,5-6,8-9H2,1H3/t11-,12+,13-. The molecule has 2 aliphatic heterocycles. The number of nitrogens with one attached hydrogen (secondary N) is 1. The Morgan fingerprint density at radius 2 is 2.00 bits per heavy atom. The first-order chi connectivity index (χ1) is 12.3. The van der Waals surface area contributed by atoms with Crippen LogP contribution in [-0.4, -0.2) is 56.0 Å². The Morgan fingerprint density at radius 1 is 1.31 bits per heavy atom. The molecule has 9 heteroatoms. The van der Waals surface area contributed by atoms with E-state index >= 15 is 0 Å². The van der Waals surface area contributed by atoms with Gasteiger partial charge in [-0.15, -0.1) is 0 Å². The fourth-order valence-corrected chi connectivity index (χ4v) is 4.52. The first kappa shape index (κ1) is 17.4. The highest BCUT2D eigenvalue weighted by molar-refractivity contribution is 7.89. The fraction of sp³-hybridized carbons (Fsp3) is 0.471. The molecule has 0 saturated carbocycles. The predicted molar refractivity (Wildman–Crippen MR) is 92.1 cm³/mol. The van der Waals surface area contributed by atoms with Crippen molar-refractivity contribution in [1.82, 2.24) is 9.29 Å². The SMILES string of the molecule is CS(=O)(=O)n1cc(C(=O)O[C@H]2C[C@H]3COC[C@@H](C2)N3)c2cc(F)ccc21. The first-order valence-electron chi connectivity index (χ1n) is 8.37. The van der Waals surface area contributed by atoms with Crippen molar-refractivity contribution >= 4 is 26.9 Å². The predicted octanol–water partition coefficient (Wildman–Crippen LogP) is 1.26. The maximum atomic E-state index is 13.7. The topological polar surface area (TPSA) is 86.6 Å². The Hall–Kier alpha value is -1.97. The van der Waals surface area contributed by atoms with E-state index in [9.17, 15) is 17.6 Å². The van der Waals surface area contributed by atoms with E-state index in [1.54, 1.807) is 0 Å². The highest BCUT2D eigenvalue weighted by Crippen LogP contribution is 2.27. The molecule has 26 heavy (non-hydrogen) atoms. The summed E-state index contributed by atoms with van der Waals surface area (Å²) in [5.74, 6) is -1.19. The van der Waals surface area contributed by atoms with Crippen LogP contribution >= 0.6 is 0 Å². The van der Waals surface area contributed by atoms with E-state index in [1.807, 2.05) is 0 Å². The summed E-state index contributed by atoms with van der Waals surface area (Å²) in [5, 5.41) is 3.63. The van der Waals surface area contributed by atoms with E-state index in [-0.39, 0.29) is 34.7 Å². The van der Waals surface area contributed by atoms with Gasteiger partial charge < -0.3 is 14.8 Å². The van der Waals surface area contributed by atoms with Gasteiger partial charge in [0.05, 0.1) is 30.5 Å². The summed E-state index contributed by atoms with van der Waals surface area (Å²) in [6, 6.07) is 3.92. The number of carbonyl (C=O) groups is 1. The van der Waals surface area contributed by atoms with E-state index in [0.717, 1.165) is 22.4 Å². The summed E-state index contributed by atoms with van der Waals surface area (Å²) in [7, 11) is -3.64. The lowest BCUT2D eigenvalue weighted by atomic mass is 9.94. The van der Waals surface area contributed by atoms with Crippen LogP contribution in [0.5, 0.6) is 0 Å². The van der Waals surface area contributed by atoms with Crippen LogP contribution in [0.4, 0.5) is 4.39 Å². The Balaban J connectivity index is 1.65. The van der Waals surface area contributed by atoms with Crippen LogP contribution in [0.2, 0.25) is 0 Å². The van der Waals surface area contributed by atoms with E-state index in [1.165, 1.54) is 12.3 Å². The second-order valence-electron chi connectivity index (χ2n) is 6.86. The molecule has 1 N–H and O–H groups in total. The average Bonchev–Trinajstić information content (AvgIpc) is 2.93. The van der Waals surface area contributed by atoms with Gasteiger partial charge in [0.1, 0.15) is 11.9 Å². The molecule has 2 aliphatic rings. The number of carbonyl (C=O) groups excluding carboxylic acids is 1. The van der Waals surface area contributed by atoms with Gasteiger partial charge in [0.15, 0.2) is 0 Å². The number of hydrogen-bond donors (Lipinski definition) is 1. The van der Waals surface area contributed by atoms with Gasteiger partial charge in [-0.3, -0.25) is 0 Å². The minimum Gasteiger partial charge on any atom is -0.459 e. The van der Waals surface area contributed by atoms with E-state index in [2.05, 4.69) is 5.32 Å². The highest BCUT2D eigenvalue weighted by Gasteiger charge is 2.34. The third-order valence-corrected chi connectivity index (χ3v) is 5.80. The van der Waals surface area contributed by atoms with E-state index in [0.29, 0.717) is 26.1 Å². The Labute approximate surface area is 150 Å². The molecule has 7 nitrogen and oxygen atoms in total. The number of morpholine rings is 1. The van der Waals surface area contributed by atoms with Crippen molar-refractivity contribution in [1.29, 1.82) is 0 Å². The number of aromatic nitrogens is 1. The average molecular weight is 382 g/mol. The fourth-order valence-electron chi connectivity index (χ4n) is 3.71. The van der Waals surface area contributed by atoms with Crippen molar-refractivity contribution in [3.63, 3.8) is 0 Å². The quantitative estimate of drug-likeness (QED) is 0.805. The van der Waals surface area contributed by atoms with Gasteiger partial charge >= 0.3 is 5.97 Å². The second-order valence-corrected chi connectivity index (χ2v) is 8.72. The van der Waals surface area contributed by atoms with Crippen molar-refractivity contribution < 1.29 is 27.1 Å². The summed E-state index contributed by atoms with van der Waals surface area (Å²) >= 11 is 0. The lowest BCUT2D eigenvalue weighted by Crippen LogP contribution is -2.56. The molecule has 2 fully saturated rings. The van der Waals surface area contributed by atoms with Crippen LogP contribution in [0.1, 0.15) is 23.2 Å². The largest absolute Gasteiger partial charge is 0.459 e. The van der Waals surface area contributed by atoms with Crippen LogP contribution in [0, 0.1) is 5.82 Å². The zero-order valence-electron chi connectivity index (χ0n) is 14.1. The summed E-state index contributed by atoms with van der Waals surface area (Å²) < 4.78 is 49.7.